The number of benzene rings is 1. The normalized spacial score (nSPS) is 12.2. The molecule has 0 bridgehead atoms. The van der Waals surface area contributed by atoms with Gasteiger partial charge < -0.3 is 19.5 Å². The fraction of sp³-hybridized carbons (Fsp3) is 0.381. The number of amides is 1. The summed E-state index contributed by atoms with van der Waals surface area (Å²) in [7, 11) is 1.60. The lowest BCUT2D eigenvalue weighted by molar-refractivity contribution is 0.0527. The van der Waals surface area contributed by atoms with Crippen molar-refractivity contribution in [2.45, 2.75) is 26.2 Å². The predicted molar refractivity (Wildman–Crippen MR) is 128 cm³/mol. The summed E-state index contributed by atoms with van der Waals surface area (Å²) in [5, 5.41) is 6.39. The maximum Gasteiger partial charge on any atom is 0.341 e. The Kier molecular flexibility index (Phi) is 8.42. The smallest absolute Gasteiger partial charge is 0.341 e. The molecule has 10 heteroatoms. The first kappa shape index (κ1) is 23.6. The van der Waals surface area contributed by atoms with E-state index in [1.165, 1.54) is 11.3 Å². The summed E-state index contributed by atoms with van der Waals surface area (Å²) in [6, 6.07) is 5.01. The van der Waals surface area contributed by atoms with Crippen molar-refractivity contribution in [3.05, 3.63) is 44.2 Å². The number of ether oxygens (including phenoxy) is 3. The number of aryl methyl sites for hydroxylation is 1. The Morgan fingerprint density at radius 1 is 1.26 bits per heavy atom. The highest BCUT2D eigenvalue weighted by molar-refractivity contribution is 9.10. The van der Waals surface area contributed by atoms with Crippen LogP contribution in [0.2, 0.25) is 0 Å². The van der Waals surface area contributed by atoms with Gasteiger partial charge in [0.05, 0.1) is 23.2 Å². The second kappa shape index (κ2) is 11.0. The molecule has 0 saturated heterocycles. The monoisotopic (exact) mass is 526 g/mol. The average molecular weight is 527 g/mol. The van der Waals surface area contributed by atoms with E-state index in [-0.39, 0.29) is 17.0 Å². The van der Waals surface area contributed by atoms with E-state index in [0.717, 1.165) is 29.7 Å². The number of esters is 1. The van der Waals surface area contributed by atoms with E-state index in [0.29, 0.717) is 46.2 Å². The molecule has 0 atom stereocenters. The molecule has 0 radical (unpaired) electrons. The van der Waals surface area contributed by atoms with Crippen LogP contribution in [0.5, 0.6) is 5.75 Å². The Labute approximate surface area is 198 Å². The van der Waals surface area contributed by atoms with Gasteiger partial charge in [-0.15, -0.1) is 11.3 Å². The third kappa shape index (κ3) is 5.82. The number of fused-ring (bicyclic) bond motifs is 1. The first-order valence-electron chi connectivity index (χ1n) is 9.79. The third-order valence-corrected chi connectivity index (χ3v) is 6.63. The number of carbonyl (C=O) groups excluding carboxylic acids is 2. The number of hydrogen-bond donors (Lipinski definition) is 2. The molecule has 31 heavy (non-hydrogen) atoms. The number of anilines is 1. The first-order valence-corrected chi connectivity index (χ1v) is 11.8. The van der Waals surface area contributed by atoms with E-state index in [1.807, 2.05) is 0 Å². The first-order chi connectivity index (χ1) is 14.9. The predicted octanol–water partition coefficient (Wildman–Crippen LogP) is 4.33. The zero-order valence-corrected chi connectivity index (χ0v) is 20.4. The highest BCUT2D eigenvalue weighted by atomic mass is 79.9. The van der Waals surface area contributed by atoms with Gasteiger partial charge in [-0.05, 0) is 78.1 Å². The third-order valence-electron chi connectivity index (χ3n) is 4.59. The fourth-order valence-corrected chi connectivity index (χ4v) is 5.25. The fourth-order valence-electron chi connectivity index (χ4n) is 3.22. The summed E-state index contributed by atoms with van der Waals surface area (Å²) in [6.07, 6.45) is 2.79. The van der Waals surface area contributed by atoms with Crippen molar-refractivity contribution in [3.8, 4) is 5.75 Å². The molecule has 0 aliphatic heterocycles. The summed E-state index contributed by atoms with van der Waals surface area (Å²) in [5.74, 6) is -0.128. The van der Waals surface area contributed by atoms with Crippen LogP contribution in [0.1, 0.15) is 44.5 Å². The minimum Gasteiger partial charge on any atom is -0.490 e. The molecule has 1 aromatic heterocycles. The van der Waals surface area contributed by atoms with Crippen molar-refractivity contribution < 1.29 is 23.8 Å². The summed E-state index contributed by atoms with van der Waals surface area (Å²) in [4.78, 5) is 26.2. The Morgan fingerprint density at radius 3 is 2.77 bits per heavy atom. The highest BCUT2D eigenvalue weighted by Gasteiger charge is 2.28. The Balaban J connectivity index is 1.67. The quantitative estimate of drug-likeness (QED) is 0.300. The number of thiocarbonyl (C=S) groups is 1. The van der Waals surface area contributed by atoms with Crippen molar-refractivity contribution in [2.75, 3.05) is 32.2 Å². The molecule has 0 saturated carbocycles. The molecule has 0 spiro atoms. The number of carbonyl (C=O) groups is 2. The maximum absolute atomic E-state index is 12.6. The molecule has 166 valence electrons. The molecule has 0 unspecified atom stereocenters. The summed E-state index contributed by atoms with van der Waals surface area (Å²) in [6.45, 7) is 2.94. The molecule has 1 aliphatic carbocycles. The second-order valence-corrected chi connectivity index (χ2v) is 9.04. The lowest BCUT2D eigenvalue weighted by atomic mass is 10.1. The number of rotatable bonds is 8. The van der Waals surface area contributed by atoms with Crippen molar-refractivity contribution in [1.29, 1.82) is 0 Å². The van der Waals surface area contributed by atoms with E-state index in [2.05, 4.69) is 26.6 Å². The van der Waals surface area contributed by atoms with Crippen LogP contribution in [-0.2, 0) is 22.3 Å². The number of nitrogens with one attached hydrogen (secondary N) is 2. The number of thiophene rings is 1. The van der Waals surface area contributed by atoms with Crippen LogP contribution in [0.4, 0.5) is 5.00 Å². The lowest BCUT2D eigenvalue weighted by Crippen LogP contribution is -2.34. The van der Waals surface area contributed by atoms with Crippen LogP contribution < -0.4 is 15.4 Å². The van der Waals surface area contributed by atoms with E-state index in [9.17, 15) is 9.59 Å². The van der Waals surface area contributed by atoms with E-state index in [4.69, 9.17) is 26.4 Å². The molecule has 1 aromatic carbocycles. The minimum atomic E-state index is -0.372. The molecular formula is C21H23BrN2O5S2. The number of hydrogen-bond acceptors (Lipinski definition) is 7. The van der Waals surface area contributed by atoms with Gasteiger partial charge in [-0.3, -0.25) is 10.1 Å². The van der Waals surface area contributed by atoms with E-state index >= 15 is 0 Å². The highest BCUT2D eigenvalue weighted by Crippen LogP contribution is 2.39. The van der Waals surface area contributed by atoms with Gasteiger partial charge in [-0.25, -0.2) is 4.79 Å². The summed E-state index contributed by atoms with van der Waals surface area (Å²) in [5.41, 5.74) is 1.96. The maximum atomic E-state index is 12.6. The topological polar surface area (TPSA) is 85.9 Å². The molecule has 2 aromatic rings. The molecular weight excluding hydrogens is 504 g/mol. The SMILES string of the molecule is CCOC(=O)c1c(NC(=S)NC(=O)c2ccc(OCCOC)c(Br)c2)sc2c1CCC2. The van der Waals surface area contributed by atoms with Crippen LogP contribution in [0.3, 0.4) is 0 Å². The number of halogens is 1. The van der Waals surface area contributed by atoms with Crippen LogP contribution in [0.15, 0.2) is 22.7 Å². The van der Waals surface area contributed by atoms with Gasteiger partial charge in [-0.2, -0.15) is 0 Å². The lowest BCUT2D eigenvalue weighted by Gasteiger charge is -2.12. The van der Waals surface area contributed by atoms with E-state index < -0.39 is 0 Å². The van der Waals surface area contributed by atoms with Gasteiger partial charge in [0, 0.05) is 17.6 Å². The molecule has 3 rings (SSSR count). The molecule has 0 fully saturated rings. The largest absolute Gasteiger partial charge is 0.490 e. The van der Waals surface area contributed by atoms with Gasteiger partial charge in [0.25, 0.3) is 5.91 Å². The second-order valence-electron chi connectivity index (χ2n) is 6.68. The van der Waals surface area contributed by atoms with Gasteiger partial charge in [0.1, 0.15) is 17.4 Å². The zero-order valence-electron chi connectivity index (χ0n) is 17.2. The van der Waals surface area contributed by atoms with Crippen LogP contribution in [-0.4, -0.2) is 43.9 Å². The van der Waals surface area contributed by atoms with Crippen LogP contribution in [0.25, 0.3) is 0 Å². The van der Waals surface area contributed by atoms with Gasteiger partial charge >= 0.3 is 5.97 Å². The van der Waals surface area contributed by atoms with Crippen molar-refractivity contribution in [3.63, 3.8) is 0 Å². The van der Waals surface area contributed by atoms with Gasteiger partial charge in [-0.1, -0.05) is 0 Å². The summed E-state index contributed by atoms with van der Waals surface area (Å²) >= 11 is 10.2. The van der Waals surface area contributed by atoms with Crippen molar-refractivity contribution >= 4 is 61.5 Å². The van der Waals surface area contributed by atoms with Crippen molar-refractivity contribution in [1.82, 2.24) is 5.32 Å². The summed E-state index contributed by atoms with van der Waals surface area (Å²) < 4.78 is 16.4. The van der Waals surface area contributed by atoms with Gasteiger partial charge in [0.2, 0.25) is 0 Å². The van der Waals surface area contributed by atoms with Crippen LogP contribution >= 0.6 is 39.5 Å². The molecule has 7 nitrogen and oxygen atoms in total. The van der Waals surface area contributed by atoms with E-state index in [1.54, 1.807) is 32.2 Å². The van der Waals surface area contributed by atoms with Crippen molar-refractivity contribution in [2.24, 2.45) is 0 Å². The molecule has 1 aliphatic rings. The molecule has 1 amide bonds. The molecule has 1 heterocycles. The van der Waals surface area contributed by atoms with Gasteiger partial charge in [0.15, 0.2) is 5.11 Å². The van der Waals surface area contributed by atoms with Crippen LogP contribution in [0, 0.1) is 0 Å². The Bertz CT molecular complexity index is 992. The zero-order chi connectivity index (χ0) is 22.4. The molecule has 2 N–H and O–H groups in total. The minimum absolute atomic E-state index is 0.118. The number of methoxy groups -OCH3 is 1. The Morgan fingerprint density at radius 2 is 2.06 bits per heavy atom. The average Bonchev–Trinajstić information content (AvgIpc) is 3.30. The standard InChI is InChI=1S/C21H23BrN2O5S2/c1-3-28-20(26)17-13-5-4-6-16(13)31-19(17)24-21(30)23-18(25)12-7-8-15(14(22)11-12)29-10-9-27-2/h7-8,11H,3-6,9-10H2,1-2H3,(H2,23,24,25,30). The Hall–Kier alpha value is -2.01.